The SMILES string of the molecule is Cc1cc(C)c(C(=O)N2CCC(CC(=O)O)C2)c(C)c1. The lowest BCUT2D eigenvalue weighted by molar-refractivity contribution is -0.138. The molecule has 108 valence electrons. The summed E-state index contributed by atoms with van der Waals surface area (Å²) in [6.07, 6.45) is 0.928. The summed E-state index contributed by atoms with van der Waals surface area (Å²) in [6, 6.07) is 4.04. The van der Waals surface area contributed by atoms with Crippen molar-refractivity contribution in [1.29, 1.82) is 0 Å². The molecule has 1 aromatic carbocycles. The Morgan fingerprint density at radius 1 is 1.25 bits per heavy atom. The van der Waals surface area contributed by atoms with Crippen LogP contribution in [0.15, 0.2) is 12.1 Å². The number of amides is 1. The third-order valence-electron chi connectivity index (χ3n) is 3.93. The van der Waals surface area contributed by atoms with Crippen LogP contribution in [-0.4, -0.2) is 35.0 Å². The maximum absolute atomic E-state index is 12.6. The van der Waals surface area contributed by atoms with Crippen molar-refractivity contribution in [3.8, 4) is 0 Å². The number of hydrogen-bond acceptors (Lipinski definition) is 2. The molecule has 1 aliphatic rings. The maximum Gasteiger partial charge on any atom is 0.303 e. The number of aliphatic carboxylic acids is 1. The number of carboxylic acid groups (broad SMARTS) is 1. The van der Waals surface area contributed by atoms with E-state index in [1.54, 1.807) is 4.90 Å². The second-order valence-corrected chi connectivity index (χ2v) is 5.78. The Balaban J connectivity index is 2.15. The molecule has 2 rings (SSSR count). The van der Waals surface area contributed by atoms with Crippen LogP contribution in [0.2, 0.25) is 0 Å². The molecule has 0 aliphatic carbocycles. The first-order valence-electron chi connectivity index (χ1n) is 6.97. The van der Waals surface area contributed by atoms with Gasteiger partial charge in [0.25, 0.3) is 5.91 Å². The molecule has 0 radical (unpaired) electrons. The van der Waals surface area contributed by atoms with E-state index in [-0.39, 0.29) is 18.2 Å². The van der Waals surface area contributed by atoms with Crippen molar-refractivity contribution in [3.63, 3.8) is 0 Å². The molecular formula is C16H21NO3. The first kappa shape index (κ1) is 14.6. The van der Waals surface area contributed by atoms with Crippen LogP contribution < -0.4 is 0 Å². The van der Waals surface area contributed by atoms with Crippen LogP contribution in [0.3, 0.4) is 0 Å². The molecule has 1 unspecified atom stereocenters. The topological polar surface area (TPSA) is 57.6 Å². The molecule has 1 atom stereocenters. The molecule has 1 heterocycles. The van der Waals surface area contributed by atoms with E-state index >= 15 is 0 Å². The van der Waals surface area contributed by atoms with Crippen LogP contribution >= 0.6 is 0 Å². The van der Waals surface area contributed by atoms with Crippen LogP contribution in [0.25, 0.3) is 0 Å². The van der Waals surface area contributed by atoms with E-state index in [0.29, 0.717) is 13.1 Å². The van der Waals surface area contributed by atoms with Gasteiger partial charge in [-0.2, -0.15) is 0 Å². The minimum Gasteiger partial charge on any atom is -0.481 e. The van der Waals surface area contributed by atoms with Crippen molar-refractivity contribution in [2.24, 2.45) is 5.92 Å². The Labute approximate surface area is 119 Å². The lowest BCUT2D eigenvalue weighted by Crippen LogP contribution is -2.30. The number of rotatable bonds is 3. The first-order chi connectivity index (χ1) is 9.38. The summed E-state index contributed by atoms with van der Waals surface area (Å²) in [6.45, 7) is 7.14. The second-order valence-electron chi connectivity index (χ2n) is 5.78. The summed E-state index contributed by atoms with van der Waals surface area (Å²) in [4.78, 5) is 25.1. The summed E-state index contributed by atoms with van der Waals surface area (Å²) in [7, 11) is 0. The van der Waals surface area contributed by atoms with Gasteiger partial charge in [-0.15, -0.1) is 0 Å². The predicted molar refractivity (Wildman–Crippen MR) is 76.9 cm³/mol. The molecule has 0 spiro atoms. The number of likely N-dealkylation sites (tertiary alicyclic amines) is 1. The lowest BCUT2D eigenvalue weighted by atomic mass is 9.99. The highest BCUT2D eigenvalue weighted by molar-refractivity contribution is 5.97. The summed E-state index contributed by atoms with van der Waals surface area (Å²) >= 11 is 0. The van der Waals surface area contributed by atoms with Gasteiger partial charge in [-0.3, -0.25) is 9.59 Å². The number of nitrogens with zero attached hydrogens (tertiary/aromatic N) is 1. The fourth-order valence-electron chi connectivity index (χ4n) is 3.11. The van der Waals surface area contributed by atoms with E-state index in [1.165, 1.54) is 0 Å². The van der Waals surface area contributed by atoms with Gasteiger partial charge in [-0.05, 0) is 44.2 Å². The predicted octanol–water partition coefficient (Wildman–Crippen LogP) is 2.55. The summed E-state index contributed by atoms with van der Waals surface area (Å²) < 4.78 is 0. The molecule has 1 fully saturated rings. The largest absolute Gasteiger partial charge is 0.481 e. The molecule has 1 aromatic rings. The molecule has 1 amide bonds. The lowest BCUT2D eigenvalue weighted by Gasteiger charge is -2.19. The molecule has 0 aromatic heterocycles. The number of aryl methyl sites for hydroxylation is 3. The van der Waals surface area contributed by atoms with Crippen molar-refractivity contribution < 1.29 is 14.7 Å². The number of carbonyl (C=O) groups is 2. The van der Waals surface area contributed by atoms with Gasteiger partial charge in [-0.25, -0.2) is 0 Å². The van der Waals surface area contributed by atoms with Crippen LogP contribution in [0.5, 0.6) is 0 Å². The van der Waals surface area contributed by atoms with Crippen LogP contribution in [0.4, 0.5) is 0 Å². The van der Waals surface area contributed by atoms with Gasteiger partial charge in [0.15, 0.2) is 0 Å². The molecule has 0 saturated carbocycles. The highest BCUT2D eigenvalue weighted by Gasteiger charge is 2.29. The zero-order valence-corrected chi connectivity index (χ0v) is 12.3. The average molecular weight is 275 g/mol. The van der Waals surface area contributed by atoms with Crippen LogP contribution in [0, 0.1) is 26.7 Å². The number of carboxylic acids is 1. The van der Waals surface area contributed by atoms with Crippen molar-refractivity contribution in [3.05, 3.63) is 34.4 Å². The van der Waals surface area contributed by atoms with E-state index in [4.69, 9.17) is 5.11 Å². The Morgan fingerprint density at radius 2 is 1.85 bits per heavy atom. The van der Waals surface area contributed by atoms with E-state index < -0.39 is 5.97 Å². The maximum atomic E-state index is 12.6. The van der Waals surface area contributed by atoms with Crippen molar-refractivity contribution in [2.45, 2.75) is 33.6 Å². The fourth-order valence-corrected chi connectivity index (χ4v) is 3.11. The Hall–Kier alpha value is -1.84. The number of carbonyl (C=O) groups excluding carboxylic acids is 1. The van der Waals surface area contributed by atoms with E-state index in [0.717, 1.165) is 28.7 Å². The van der Waals surface area contributed by atoms with Gasteiger partial charge in [0.2, 0.25) is 0 Å². The van der Waals surface area contributed by atoms with E-state index in [2.05, 4.69) is 0 Å². The van der Waals surface area contributed by atoms with Crippen molar-refractivity contribution in [1.82, 2.24) is 4.90 Å². The van der Waals surface area contributed by atoms with E-state index in [9.17, 15) is 9.59 Å². The van der Waals surface area contributed by atoms with Gasteiger partial charge < -0.3 is 10.0 Å². The standard InChI is InChI=1S/C16H21NO3/c1-10-6-11(2)15(12(3)7-10)16(20)17-5-4-13(9-17)8-14(18)19/h6-7,13H,4-5,8-9H2,1-3H3,(H,18,19). The Bertz CT molecular complexity index is 528. The average Bonchev–Trinajstić information content (AvgIpc) is 2.74. The van der Waals surface area contributed by atoms with Gasteiger partial charge >= 0.3 is 5.97 Å². The van der Waals surface area contributed by atoms with Gasteiger partial charge in [-0.1, -0.05) is 17.7 Å². The molecule has 0 bridgehead atoms. The Kier molecular flexibility index (Phi) is 4.12. The molecule has 1 N–H and O–H groups in total. The van der Waals surface area contributed by atoms with E-state index in [1.807, 2.05) is 32.9 Å². The van der Waals surface area contributed by atoms with Crippen molar-refractivity contribution >= 4 is 11.9 Å². The molecule has 20 heavy (non-hydrogen) atoms. The molecule has 1 aliphatic heterocycles. The minimum absolute atomic E-state index is 0.0351. The van der Waals surface area contributed by atoms with Gasteiger partial charge in [0.1, 0.15) is 0 Å². The molecule has 4 heteroatoms. The number of hydrogen-bond donors (Lipinski definition) is 1. The number of benzene rings is 1. The minimum atomic E-state index is -0.785. The summed E-state index contributed by atoms with van der Waals surface area (Å²) in [5, 5.41) is 8.83. The highest BCUT2D eigenvalue weighted by atomic mass is 16.4. The summed E-state index contributed by atoms with van der Waals surface area (Å²) in [5.74, 6) is -0.664. The molecule has 1 saturated heterocycles. The third kappa shape index (κ3) is 3.00. The zero-order chi connectivity index (χ0) is 14.9. The summed E-state index contributed by atoms with van der Waals surface area (Å²) in [5.41, 5.74) is 3.91. The second kappa shape index (κ2) is 5.65. The Morgan fingerprint density at radius 3 is 2.40 bits per heavy atom. The normalized spacial score (nSPS) is 18.4. The van der Waals surface area contributed by atoms with Gasteiger partial charge in [0, 0.05) is 25.1 Å². The highest BCUT2D eigenvalue weighted by Crippen LogP contribution is 2.24. The van der Waals surface area contributed by atoms with Gasteiger partial charge in [0.05, 0.1) is 0 Å². The monoisotopic (exact) mass is 275 g/mol. The van der Waals surface area contributed by atoms with Crippen LogP contribution in [0.1, 0.15) is 39.9 Å². The third-order valence-corrected chi connectivity index (χ3v) is 3.93. The van der Waals surface area contributed by atoms with Crippen molar-refractivity contribution in [2.75, 3.05) is 13.1 Å². The smallest absolute Gasteiger partial charge is 0.303 e. The first-order valence-corrected chi connectivity index (χ1v) is 6.97. The molecular weight excluding hydrogens is 254 g/mol. The van der Waals surface area contributed by atoms with Crippen LogP contribution in [-0.2, 0) is 4.79 Å². The fraction of sp³-hybridized carbons (Fsp3) is 0.500. The zero-order valence-electron chi connectivity index (χ0n) is 12.3. The molecule has 4 nitrogen and oxygen atoms in total. The quantitative estimate of drug-likeness (QED) is 0.922.